The van der Waals surface area contributed by atoms with Crippen LogP contribution in [0.15, 0.2) is 24.3 Å². The molecule has 1 N–H and O–H groups in total. The first-order valence-corrected chi connectivity index (χ1v) is 9.84. The molecule has 0 aromatic rings. The highest BCUT2D eigenvalue weighted by Gasteiger charge is 2.03. The van der Waals surface area contributed by atoms with Gasteiger partial charge in [-0.1, -0.05) is 63.3 Å². The van der Waals surface area contributed by atoms with Crippen LogP contribution in [-0.4, -0.2) is 23.7 Å². The van der Waals surface area contributed by atoms with Gasteiger partial charge in [-0.15, -0.1) is 0 Å². The fourth-order valence-corrected chi connectivity index (χ4v) is 2.41. The molecule has 0 rings (SSSR count). The summed E-state index contributed by atoms with van der Waals surface area (Å²) in [6.45, 7) is 2.64. The second-order valence-electron chi connectivity index (χ2n) is 6.34. The predicted molar refractivity (Wildman–Crippen MR) is 103 cm³/mol. The zero-order chi connectivity index (χ0) is 18.6. The van der Waals surface area contributed by atoms with Crippen LogP contribution in [0.5, 0.6) is 0 Å². The second kappa shape index (κ2) is 18.8. The quantitative estimate of drug-likeness (QED) is 0.203. The second-order valence-corrected chi connectivity index (χ2v) is 6.34. The van der Waals surface area contributed by atoms with Crippen molar-refractivity contribution in [2.24, 2.45) is 0 Å². The summed E-state index contributed by atoms with van der Waals surface area (Å²) in [6.07, 6.45) is 20.9. The number of aliphatic carboxylic acids is 1. The smallest absolute Gasteiger partial charge is 0.305 e. The molecule has 0 aliphatic rings. The summed E-state index contributed by atoms with van der Waals surface area (Å²) >= 11 is 0. The van der Waals surface area contributed by atoms with E-state index in [9.17, 15) is 9.59 Å². The third kappa shape index (κ3) is 20.4. The van der Waals surface area contributed by atoms with Gasteiger partial charge in [0.15, 0.2) is 0 Å². The summed E-state index contributed by atoms with van der Waals surface area (Å²) in [5, 5.41) is 8.49. The lowest BCUT2D eigenvalue weighted by molar-refractivity contribution is -0.144. The molecule has 4 nitrogen and oxygen atoms in total. The number of carboxylic acids is 1. The van der Waals surface area contributed by atoms with Crippen LogP contribution in [-0.2, 0) is 14.3 Å². The molecule has 4 heteroatoms. The maximum atomic E-state index is 11.4. The van der Waals surface area contributed by atoms with Crippen molar-refractivity contribution < 1.29 is 19.4 Å². The van der Waals surface area contributed by atoms with Crippen LogP contribution in [0.3, 0.4) is 0 Å². The minimum Gasteiger partial charge on any atom is -0.481 e. The number of esters is 1. The number of carbonyl (C=O) groups is 2. The van der Waals surface area contributed by atoms with E-state index in [2.05, 4.69) is 25.2 Å². The number of rotatable bonds is 17. The van der Waals surface area contributed by atoms with Crippen molar-refractivity contribution in [3.63, 3.8) is 0 Å². The molecule has 0 amide bonds. The van der Waals surface area contributed by atoms with E-state index in [4.69, 9.17) is 9.84 Å². The van der Waals surface area contributed by atoms with Crippen LogP contribution in [0.1, 0.15) is 90.4 Å². The van der Waals surface area contributed by atoms with E-state index in [1.54, 1.807) is 0 Å². The number of allylic oxidation sites excluding steroid dienone is 3. The summed E-state index contributed by atoms with van der Waals surface area (Å²) in [6, 6.07) is 0. The van der Waals surface area contributed by atoms with E-state index in [1.165, 1.54) is 44.9 Å². The van der Waals surface area contributed by atoms with Gasteiger partial charge in [0.05, 0.1) is 6.61 Å². The fraction of sp³-hybridized carbons (Fsp3) is 0.714. The highest BCUT2D eigenvalue weighted by atomic mass is 16.5. The number of hydrogen-bond donors (Lipinski definition) is 1. The zero-order valence-corrected chi connectivity index (χ0v) is 15.9. The number of carboxylic acid groups (broad SMARTS) is 1. The minimum absolute atomic E-state index is 0.113. The van der Waals surface area contributed by atoms with Crippen LogP contribution < -0.4 is 0 Å². The van der Waals surface area contributed by atoms with Crippen molar-refractivity contribution in [2.45, 2.75) is 90.4 Å². The summed E-state index contributed by atoms with van der Waals surface area (Å²) in [4.78, 5) is 21.7. The maximum absolute atomic E-state index is 11.4. The molecule has 0 fully saturated rings. The SMILES string of the molecule is CCCCCCCC/C=C\C/C=C\CCOC(=O)CCCCC(=O)O. The number of carbonyl (C=O) groups excluding carboxylic acids is 1. The lowest BCUT2D eigenvalue weighted by Crippen LogP contribution is -2.05. The largest absolute Gasteiger partial charge is 0.481 e. The lowest BCUT2D eigenvalue weighted by atomic mass is 10.1. The molecule has 0 aliphatic heterocycles. The minimum atomic E-state index is -0.820. The summed E-state index contributed by atoms with van der Waals surface area (Å²) in [5.41, 5.74) is 0. The molecule has 0 heterocycles. The zero-order valence-electron chi connectivity index (χ0n) is 15.9. The fourth-order valence-electron chi connectivity index (χ4n) is 2.41. The molecule has 0 atom stereocenters. The van der Waals surface area contributed by atoms with Gasteiger partial charge in [-0.2, -0.15) is 0 Å². The van der Waals surface area contributed by atoms with Gasteiger partial charge in [0.1, 0.15) is 0 Å². The van der Waals surface area contributed by atoms with Gasteiger partial charge in [0, 0.05) is 12.8 Å². The normalized spacial score (nSPS) is 11.4. The van der Waals surface area contributed by atoms with E-state index < -0.39 is 5.97 Å². The predicted octanol–water partition coefficient (Wildman–Crippen LogP) is 5.82. The molecule has 0 unspecified atom stereocenters. The van der Waals surface area contributed by atoms with Crippen LogP contribution in [0.2, 0.25) is 0 Å². The molecule has 0 bridgehead atoms. The Hall–Kier alpha value is -1.58. The first-order chi connectivity index (χ1) is 12.2. The molecule has 0 saturated heterocycles. The Morgan fingerprint density at radius 2 is 1.44 bits per heavy atom. The van der Waals surface area contributed by atoms with Gasteiger partial charge in [-0.05, 0) is 38.5 Å². The Bertz CT molecular complexity index is 385. The summed E-state index contributed by atoms with van der Waals surface area (Å²) < 4.78 is 5.09. The number of ether oxygens (including phenoxy) is 1. The summed E-state index contributed by atoms with van der Waals surface area (Å²) in [7, 11) is 0. The molecule has 0 radical (unpaired) electrons. The Morgan fingerprint density at radius 3 is 2.16 bits per heavy atom. The molecular formula is C21H36O4. The first kappa shape index (κ1) is 23.4. The first-order valence-electron chi connectivity index (χ1n) is 9.84. The number of hydrogen-bond acceptors (Lipinski definition) is 3. The molecule has 0 aliphatic carbocycles. The standard InChI is InChI=1S/C21H36O4/c1-2-3-4-5-6-7-8-9-10-11-12-13-16-19-25-21(24)18-15-14-17-20(22)23/h9-10,12-13H,2-8,11,14-19H2,1H3,(H,22,23)/b10-9-,13-12-. The highest BCUT2D eigenvalue weighted by Crippen LogP contribution is 2.07. The molecule has 0 saturated carbocycles. The van der Waals surface area contributed by atoms with Gasteiger partial charge in [0.2, 0.25) is 0 Å². The van der Waals surface area contributed by atoms with Gasteiger partial charge in [0.25, 0.3) is 0 Å². The van der Waals surface area contributed by atoms with Gasteiger partial charge < -0.3 is 9.84 Å². The van der Waals surface area contributed by atoms with Crippen molar-refractivity contribution in [2.75, 3.05) is 6.61 Å². The average molecular weight is 353 g/mol. The topological polar surface area (TPSA) is 63.6 Å². The van der Waals surface area contributed by atoms with Crippen molar-refractivity contribution in [3.8, 4) is 0 Å². The Balaban J connectivity index is 3.35. The van der Waals surface area contributed by atoms with Crippen LogP contribution >= 0.6 is 0 Å². The summed E-state index contributed by atoms with van der Waals surface area (Å²) in [5.74, 6) is -1.06. The van der Waals surface area contributed by atoms with E-state index in [-0.39, 0.29) is 12.4 Å². The van der Waals surface area contributed by atoms with Crippen LogP contribution in [0.25, 0.3) is 0 Å². The molecular weight excluding hydrogens is 316 g/mol. The van der Waals surface area contributed by atoms with E-state index in [1.807, 2.05) is 6.08 Å². The van der Waals surface area contributed by atoms with Crippen molar-refractivity contribution in [1.29, 1.82) is 0 Å². The van der Waals surface area contributed by atoms with E-state index >= 15 is 0 Å². The van der Waals surface area contributed by atoms with Gasteiger partial charge >= 0.3 is 11.9 Å². The van der Waals surface area contributed by atoms with Crippen molar-refractivity contribution in [3.05, 3.63) is 24.3 Å². The Labute approximate surface area is 153 Å². The lowest BCUT2D eigenvalue weighted by Gasteiger charge is -2.02. The Morgan fingerprint density at radius 1 is 0.800 bits per heavy atom. The monoisotopic (exact) mass is 352 g/mol. The van der Waals surface area contributed by atoms with Crippen molar-refractivity contribution >= 4 is 11.9 Å². The molecule has 25 heavy (non-hydrogen) atoms. The number of unbranched alkanes of at least 4 members (excludes halogenated alkanes) is 7. The third-order valence-corrected chi connectivity index (χ3v) is 3.90. The maximum Gasteiger partial charge on any atom is 0.305 e. The molecule has 0 aromatic carbocycles. The van der Waals surface area contributed by atoms with Crippen LogP contribution in [0, 0.1) is 0 Å². The molecule has 144 valence electrons. The highest BCUT2D eigenvalue weighted by molar-refractivity contribution is 5.69. The van der Waals surface area contributed by atoms with E-state index in [0.29, 0.717) is 25.9 Å². The van der Waals surface area contributed by atoms with Crippen molar-refractivity contribution in [1.82, 2.24) is 0 Å². The average Bonchev–Trinajstić information content (AvgIpc) is 2.59. The Kier molecular flexibility index (Phi) is 17.6. The third-order valence-electron chi connectivity index (χ3n) is 3.90. The van der Waals surface area contributed by atoms with Crippen LogP contribution in [0.4, 0.5) is 0 Å². The van der Waals surface area contributed by atoms with Gasteiger partial charge in [-0.25, -0.2) is 0 Å². The molecule has 0 spiro atoms. The molecule has 0 aromatic heterocycles. The van der Waals surface area contributed by atoms with E-state index in [0.717, 1.165) is 12.8 Å². The van der Waals surface area contributed by atoms with Gasteiger partial charge in [-0.3, -0.25) is 9.59 Å².